The van der Waals surface area contributed by atoms with E-state index >= 15 is 0 Å². The van der Waals surface area contributed by atoms with Crippen molar-refractivity contribution in [2.45, 2.75) is 124 Å². The van der Waals surface area contributed by atoms with E-state index in [0.29, 0.717) is 24.9 Å². The second-order valence-corrected chi connectivity index (χ2v) is 14.5. The van der Waals surface area contributed by atoms with Crippen LogP contribution in [0.3, 0.4) is 0 Å². The number of benzene rings is 3. The minimum absolute atomic E-state index is 0.135. The summed E-state index contributed by atoms with van der Waals surface area (Å²) in [4.78, 5) is 2.48. The van der Waals surface area contributed by atoms with E-state index in [1.54, 1.807) is 0 Å². The lowest BCUT2D eigenvalue weighted by Gasteiger charge is -2.28. The van der Waals surface area contributed by atoms with Crippen LogP contribution in [0.1, 0.15) is 122 Å². The Morgan fingerprint density at radius 1 is 0.887 bits per heavy atom. The molecule has 1 aliphatic heterocycles. The summed E-state index contributed by atoms with van der Waals surface area (Å²) in [6.07, 6.45) is 11.5. The number of hydrogen-bond acceptors (Lipinski definition) is 1. The van der Waals surface area contributed by atoms with Gasteiger partial charge in [0.25, 0.3) is 0 Å². The summed E-state index contributed by atoms with van der Waals surface area (Å²) < 4.78 is 82.2. The number of quaternary nitrogens is 1. The van der Waals surface area contributed by atoms with Crippen LogP contribution in [0.5, 0.6) is 0 Å². The Kier molecular flexibility index (Phi) is 14.7. The van der Waals surface area contributed by atoms with Crippen molar-refractivity contribution >= 4 is 29.2 Å². The Labute approximate surface area is 312 Å². The third-order valence-electron chi connectivity index (χ3n) is 10.5. The fourth-order valence-corrected chi connectivity index (χ4v) is 7.89. The Bertz CT molecular complexity index is 1810. The Hall–Kier alpha value is -3.78. The van der Waals surface area contributed by atoms with E-state index in [1.807, 2.05) is 52.0 Å². The normalized spacial score (nSPS) is 17.8. The van der Waals surface area contributed by atoms with Gasteiger partial charge in [0, 0.05) is 46.3 Å². The maximum atomic E-state index is 13.7. The molecule has 0 amide bonds. The molecule has 0 spiro atoms. The van der Waals surface area contributed by atoms with Crippen molar-refractivity contribution in [3.8, 4) is 0 Å². The molecule has 0 unspecified atom stereocenters. The van der Waals surface area contributed by atoms with Crippen molar-refractivity contribution < 1.29 is 31.7 Å². The highest BCUT2D eigenvalue weighted by Crippen LogP contribution is 2.48. The van der Waals surface area contributed by atoms with Gasteiger partial charge in [-0.15, -0.1) is 0 Å². The second-order valence-electron chi connectivity index (χ2n) is 14.5. The summed E-state index contributed by atoms with van der Waals surface area (Å²) >= 11 is 0. The first-order valence-corrected chi connectivity index (χ1v) is 19.4. The van der Waals surface area contributed by atoms with Crippen LogP contribution in [-0.4, -0.2) is 6.54 Å². The van der Waals surface area contributed by atoms with Gasteiger partial charge in [-0.1, -0.05) is 121 Å². The predicted molar refractivity (Wildman–Crippen MR) is 208 cm³/mol. The zero-order valence-corrected chi connectivity index (χ0v) is 32.2. The molecule has 288 valence electrons. The number of hydrogen-bond donors (Lipinski definition) is 1. The number of para-hydroxylation sites is 1. The topological polar surface area (TPSA) is 19.9 Å². The second kappa shape index (κ2) is 18.5. The van der Waals surface area contributed by atoms with E-state index in [1.165, 1.54) is 60.8 Å². The van der Waals surface area contributed by atoms with Crippen LogP contribution < -0.4 is 20.7 Å². The molecule has 0 aromatic heterocycles. The number of anilines is 1. The summed E-state index contributed by atoms with van der Waals surface area (Å²) in [6.45, 7) is 13.3. The average molecular weight is 740 g/mol. The molecule has 5 rings (SSSR count). The van der Waals surface area contributed by atoms with Crippen molar-refractivity contribution in [3.05, 3.63) is 111 Å². The number of alkyl halides is 6. The summed E-state index contributed by atoms with van der Waals surface area (Å²) in [7, 11) is 0. The van der Waals surface area contributed by atoms with E-state index in [-0.39, 0.29) is 17.2 Å². The average Bonchev–Trinajstić information content (AvgIpc) is 3.34. The number of allylic oxidation sites excluding steroid dienone is 4. The molecule has 3 aromatic rings. The van der Waals surface area contributed by atoms with Crippen molar-refractivity contribution in [1.82, 2.24) is 0 Å². The fourth-order valence-electron chi connectivity index (χ4n) is 7.89. The molecule has 1 heterocycles. The summed E-state index contributed by atoms with van der Waals surface area (Å²) in [5, 5.41) is 3.16. The Balaban J connectivity index is 0.00000308. The molecule has 0 radical (unpaired) electrons. The van der Waals surface area contributed by atoms with E-state index in [4.69, 9.17) is 0 Å². The lowest BCUT2D eigenvalue weighted by Crippen LogP contribution is -2.74. The highest BCUT2D eigenvalue weighted by molar-refractivity contribution is 5.70. The van der Waals surface area contributed by atoms with Crippen molar-refractivity contribution in [2.24, 2.45) is 5.92 Å². The zero-order chi connectivity index (χ0) is 38.8. The minimum Gasteiger partial charge on any atom is -0.344 e. The maximum absolute atomic E-state index is 13.7. The van der Waals surface area contributed by atoms with Gasteiger partial charge in [0.2, 0.25) is 0 Å². The monoisotopic (exact) mass is 739 g/mol. The van der Waals surface area contributed by atoms with Gasteiger partial charge in [0.15, 0.2) is 0 Å². The van der Waals surface area contributed by atoms with Gasteiger partial charge >= 0.3 is 12.4 Å². The van der Waals surface area contributed by atoms with Crippen LogP contribution in [-0.2, 0) is 24.2 Å². The van der Waals surface area contributed by atoms with Crippen molar-refractivity contribution in [3.63, 3.8) is 0 Å². The van der Waals surface area contributed by atoms with E-state index in [2.05, 4.69) is 61.2 Å². The Morgan fingerprint density at radius 2 is 1.55 bits per heavy atom. The smallest absolute Gasteiger partial charge is 0.344 e. The highest BCUT2D eigenvalue weighted by Gasteiger charge is 2.40. The van der Waals surface area contributed by atoms with E-state index < -0.39 is 23.5 Å². The van der Waals surface area contributed by atoms with Gasteiger partial charge in [-0.2, -0.15) is 26.3 Å². The SMILES string of the molecule is C/C=c1/ccc(CC/C=C/C=C2/N(CCCC3CCCCC3)c3ccccc3C2(C)C)c([NH2+]c2cc(C(F)(F)F)cc(C(F)(F)F)c2)/c1=C/CC.CC. The molecule has 2 aliphatic rings. The fraction of sp³-hybridized carbons (Fsp3) is 0.467. The van der Waals surface area contributed by atoms with Crippen molar-refractivity contribution in [2.75, 3.05) is 11.4 Å². The van der Waals surface area contributed by atoms with Crippen molar-refractivity contribution in [1.29, 1.82) is 0 Å². The molecule has 8 heteroatoms. The number of aryl methyl sites for hydroxylation is 1. The van der Waals surface area contributed by atoms with Gasteiger partial charge in [0.05, 0.1) is 11.1 Å². The number of nitrogens with zero attached hydrogens (tertiary/aromatic N) is 1. The molecule has 1 fully saturated rings. The van der Waals surface area contributed by atoms with Crippen LogP contribution in [0.2, 0.25) is 0 Å². The molecule has 1 saturated carbocycles. The summed E-state index contributed by atoms with van der Waals surface area (Å²) in [5.41, 5.74) is 2.41. The molecule has 2 nitrogen and oxygen atoms in total. The molecule has 0 bridgehead atoms. The molecule has 1 aliphatic carbocycles. The first kappa shape index (κ1) is 42.0. The van der Waals surface area contributed by atoms with Crippen LogP contribution in [0.15, 0.2) is 78.5 Å². The lowest BCUT2D eigenvalue weighted by atomic mass is 9.83. The van der Waals surface area contributed by atoms with Gasteiger partial charge in [-0.3, -0.25) is 5.32 Å². The molecule has 53 heavy (non-hydrogen) atoms. The quantitative estimate of drug-likeness (QED) is 0.153. The number of rotatable bonds is 11. The summed E-state index contributed by atoms with van der Waals surface area (Å²) in [6, 6.07) is 14.3. The lowest BCUT2D eigenvalue weighted by molar-refractivity contribution is -0.480. The molecule has 0 saturated heterocycles. The third-order valence-corrected chi connectivity index (χ3v) is 10.5. The first-order chi connectivity index (χ1) is 25.2. The van der Waals surface area contributed by atoms with Gasteiger partial charge in [-0.05, 0) is 73.9 Å². The first-order valence-electron chi connectivity index (χ1n) is 19.4. The Morgan fingerprint density at radius 3 is 2.17 bits per heavy atom. The molecule has 0 atom stereocenters. The molecular weight excluding hydrogens is 682 g/mol. The van der Waals surface area contributed by atoms with Gasteiger partial charge in [0.1, 0.15) is 11.4 Å². The van der Waals surface area contributed by atoms with Gasteiger partial charge < -0.3 is 4.90 Å². The summed E-state index contributed by atoms with van der Waals surface area (Å²) in [5.74, 6) is 0.832. The number of nitrogens with two attached hydrogens (primary N) is 1. The van der Waals surface area contributed by atoms with E-state index in [0.717, 1.165) is 47.0 Å². The molecule has 2 N–H and O–H groups in total. The maximum Gasteiger partial charge on any atom is 0.416 e. The van der Waals surface area contributed by atoms with Crippen LogP contribution >= 0.6 is 0 Å². The standard InChI is InChI=1S/C43H50F6N2.C2H6/c1-5-16-36-31(6-2)24-25-32(40(36)50-35-28-33(42(44,45)46)27-34(29-35)43(47,48)49)20-11-8-12-23-39-41(3,4)37-21-13-14-22-38(37)51(39)26-15-19-30-17-9-7-10-18-30;1-2/h6,8,12-14,16,21-25,27-30,50H,5,7,9-11,15,17-20,26H2,1-4H3;1-2H3/p+1/b12-8+,31-6-,36-16+,39-23+;. The minimum atomic E-state index is -4.91. The third kappa shape index (κ3) is 10.5. The van der Waals surface area contributed by atoms with Crippen LogP contribution in [0.4, 0.5) is 43.4 Å². The van der Waals surface area contributed by atoms with Crippen LogP contribution in [0.25, 0.3) is 12.2 Å². The highest BCUT2D eigenvalue weighted by atomic mass is 19.4. The molecule has 3 aromatic carbocycles. The van der Waals surface area contributed by atoms with E-state index in [9.17, 15) is 26.3 Å². The van der Waals surface area contributed by atoms with Crippen LogP contribution in [0, 0.1) is 5.92 Å². The number of fused-ring (bicyclic) bond motifs is 1. The molecular formula is C45H57F6N2+. The zero-order valence-electron chi connectivity index (χ0n) is 32.2. The van der Waals surface area contributed by atoms with Gasteiger partial charge in [-0.25, -0.2) is 0 Å². The number of halogens is 6. The predicted octanol–water partition coefficient (Wildman–Crippen LogP) is 11.8. The largest absolute Gasteiger partial charge is 0.416 e.